The molecule has 19 heavy (non-hydrogen) atoms. The molecule has 0 radical (unpaired) electrons. The fraction of sp³-hybridized carbons (Fsp3) is 0.462. The number of benzene rings is 1. The number of ether oxygens (including phenoxy) is 1. The van der Waals surface area contributed by atoms with Crippen LogP contribution in [-0.2, 0) is 4.74 Å². The Balaban J connectivity index is 2.15. The summed E-state index contributed by atoms with van der Waals surface area (Å²) in [5.41, 5.74) is -0.477. The number of halogens is 3. The zero-order chi connectivity index (χ0) is 13.9. The van der Waals surface area contributed by atoms with Crippen LogP contribution in [0.15, 0.2) is 22.7 Å². The summed E-state index contributed by atoms with van der Waals surface area (Å²) in [5, 5.41) is 2.85. The molecule has 104 valence electrons. The molecule has 0 aliphatic carbocycles. The summed E-state index contributed by atoms with van der Waals surface area (Å²) in [4.78, 5) is 12.1. The molecule has 1 N–H and O–H groups in total. The van der Waals surface area contributed by atoms with Crippen molar-refractivity contribution in [2.75, 3.05) is 19.1 Å². The zero-order valence-electron chi connectivity index (χ0n) is 10.2. The average Bonchev–Trinajstić information content (AvgIpc) is 2.39. The summed E-state index contributed by atoms with van der Waals surface area (Å²) in [6, 6.07) is 4.36. The molecule has 1 aromatic rings. The van der Waals surface area contributed by atoms with E-state index in [1.54, 1.807) is 6.07 Å². The highest BCUT2D eigenvalue weighted by Crippen LogP contribution is 2.23. The molecular weight excluding hydrogens is 337 g/mol. The number of alkyl halides is 1. The molecule has 6 heteroatoms. The molecule has 1 aliphatic rings. The van der Waals surface area contributed by atoms with Gasteiger partial charge in [0.2, 0.25) is 0 Å². The van der Waals surface area contributed by atoms with E-state index in [1.165, 1.54) is 12.1 Å². The third-order valence-corrected chi connectivity index (χ3v) is 4.27. The first-order chi connectivity index (χ1) is 9.06. The predicted octanol–water partition coefficient (Wildman–Crippen LogP) is 3.11. The zero-order valence-corrected chi connectivity index (χ0v) is 12.6. The number of hydrogen-bond acceptors (Lipinski definition) is 2. The molecule has 1 saturated heterocycles. The first-order valence-electron chi connectivity index (χ1n) is 5.98. The molecular formula is C13H14BrClFNO2. The molecule has 1 aromatic carbocycles. The van der Waals surface area contributed by atoms with Crippen LogP contribution in [-0.4, -0.2) is 30.5 Å². The second-order valence-corrected chi connectivity index (χ2v) is 5.79. The van der Waals surface area contributed by atoms with Crippen LogP contribution in [0.3, 0.4) is 0 Å². The molecule has 0 spiro atoms. The number of amides is 1. The molecule has 1 amide bonds. The van der Waals surface area contributed by atoms with E-state index in [4.69, 9.17) is 16.3 Å². The number of nitrogens with one attached hydrogen (secondary N) is 1. The van der Waals surface area contributed by atoms with Crippen LogP contribution in [0, 0.1) is 5.82 Å². The smallest absolute Gasteiger partial charge is 0.254 e. The average molecular weight is 351 g/mol. The van der Waals surface area contributed by atoms with E-state index < -0.39 is 17.3 Å². The number of hydrogen-bond donors (Lipinski definition) is 1. The van der Waals surface area contributed by atoms with Gasteiger partial charge in [0.1, 0.15) is 5.82 Å². The molecule has 1 heterocycles. The van der Waals surface area contributed by atoms with Gasteiger partial charge in [-0.1, -0.05) is 15.9 Å². The number of rotatable bonds is 3. The van der Waals surface area contributed by atoms with Gasteiger partial charge in [0, 0.05) is 23.6 Å². The van der Waals surface area contributed by atoms with Gasteiger partial charge in [0.25, 0.3) is 5.91 Å². The van der Waals surface area contributed by atoms with E-state index in [9.17, 15) is 9.18 Å². The molecule has 0 atom stereocenters. The Labute approximate surface area is 124 Å². The van der Waals surface area contributed by atoms with Gasteiger partial charge >= 0.3 is 0 Å². The lowest BCUT2D eigenvalue weighted by Crippen LogP contribution is -2.53. The lowest BCUT2D eigenvalue weighted by Gasteiger charge is -2.36. The van der Waals surface area contributed by atoms with Crippen molar-refractivity contribution in [2.45, 2.75) is 18.4 Å². The normalized spacial score (nSPS) is 18.1. The number of carbonyl (C=O) groups is 1. The van der Waals surface area contributed by atoms with E-state index in [0.29, 0.717) is 36.4 Å². The SMILES string of the molecule is O=C(NC1(CCl)CCOCC1)c1ccc(Br)cc1F. The highest BCUT2D eigenvalue weighted by molar-refractivity contribution is 9.10. The van der Waals surface area contributed by atoms with Gasteiger partial charge in [-0.3, -0.25) is 4.79 Å². The third-order valence-electron chi connectivity index (χ3n) is 3.26. The first kappa shape index (κ1) is 14.8. The van der Waals surface area contributed by atoms with E-state index in [0.717, 1.165) is 0 Å². The predicted molar refractivity (Wildman–Crippen MR) is 75.1 cm³/mol. The molecule has 1 fully saturated rings. The Bertz CT molecular complexity index is 478. The minimum atomic E-state index is -0.552. The maximum Gasteiger partial charge on any atom is 0.254 e. The van der Waals surface area contributed by atoms with Crippen molar-refractivity contribution in [3.63, 3.8) is 0 Å². The fourth-order valence-corrected chi connectivity index (χ4v) is 2.70. The Hall–Kier alpha value is -0.650. The van der Waals surface area contributed by atoms with Crippen LogP contribution in [0.5, 0.6) is 0 Å². The summed E-state index contributed by atoms with van der Waals surface area (Å²) in [7, 11) is 0. The van der Waals surface area contributed by atoms with Crippen LogP contribution >= 0.6 is 27.5 Å². The van der Waals surface area contributed by atoms with Gasteiger partial charge in [-0.2, -0.15) is 0 Å². The highest BCUT2D eigenvalue weighted by Gasteiger charge is 2.34. The molecule has 2 rings (SSSR count). The van der Waals surface area contributed by atoms with E-state index in [1.807, 2.05) is 0 Å². The van der Waals surface area contributed by atoms with Crippen LogP contribution < -0.4 is 5.32 Å². The van der Waals surface area contributed by atoms with Crippen molar-refractivity contribution in [2.24, 2.45) is 0 Å². The molecule has 0 saturated carbocycles. The van der Waals surface area contributed by atoms with Crippen LogP contribution in [0.2, 0.25) is 0 Å². The van der Waals surface area contributed by atoms with E-state index >= 15 is 0 Å². The largest absolute Gasteiger partial charge is 0.381 e. The van der Waals surface area contributed by atoms with Crippen molar-refractivity contribution in [3.8, 4) is 0 Å². The Morgan fingerprint density at radius 2 is 2.16 bits per heavy atom. The van der Waals surface area contributed by atoms with Gasteiger partial charge in [0.05, 0.1) is 11.1 Å². The van der Waals surface area contributed by atoms with Crippen molar-refractivity contribution >= 4 is 33.4 Å². The number of carbonyl (C=O) groups excluding carboxylic acids is 1. The molecule has 0 unspecified atom stereocenters. The summed E-state index contributed by atoms with van der Waals surface area (Å²) < 4.78 is 19.6. The van der Waals surface area contributed by atoms with Crippen molar-refractivity contribution in [3.05, 3.63) is 34.1 Å². The maximum absolute atomic E-state index is 13.7. The Morgan fingerprint density at radius 3 is 2.74 bits per heavy atom. The summed E-state index contributed by atoms with van der Waals surface area (Å²) in [5.74, 6) is -0.698. The second-order valence-electron chi connectivity index (χ2n) is 4.60. The monoisotopic (exact) mass is 349 g/mol. The lowest BCUT2D eigenvalue weighted by atomic mass is 9.92. The molecule has 0 bridgehead atoms. The van der Waals surface area contributed by atoms with Gasteiger partial charge in [-0.15, -0.1) is 11.6 Å². The second kappa shape index (κ2) is 6.20. The van der Waals surface area contributed by atoms with E-state index in [-0.39, 0.29) is 5.56 Å². The van der Waals surface area contributed by atoms with Gasteiger partial charge in [0.15, 0.2) is 0 Å². The summed E-state index contributed by atoms with van der Waals surface area (Å²) >= 11 is 9.12. The summed E-state index contributed by atoms with van der Waals surface area (Å²) in [6.07, 6.45) is 1.28. The Kier molecular flexibility index (Phi) is 4.81. The van der Waals surface area contributed by atoms with Gasteiger partial charge in [-0.25, -0.2) is 4.39 Å². The lowest BCUT2D eigenvalue weighted by molar-refractivity contribution is 0.0432. The van der Waals surface area contributed by atoms with Gasteiger partial charge in [-0.05, 0) is 31.0 Å². The van der Waals surface area contributed by atoms with Crippen LogP contribution in [0.4, 0.5) is 4.39 Å². The topological polar surface area (TPSA) is 38.3 Å². The maximum atomic E-state index is 13.7. The van der Waals surface area contributed by atoms with Gasteiger partial charge < -0.3 is 10.1 Å². The molecule has 0 aromatic heterocycles. The standard InChI is InChI=1S/C13H14BrClFNO2/c14-9-1-2-10(11(16)7-9)12(18)17-13(8-15)3-5-19-6-4-13/h1-2,7H,3-6,8H2,(H,17,18). The van der Waals surface area contributed by atoms with Crippen LogP contribution in [0.25, 0.3) is 0 Å². The van der Waals surface area contributed by atoms with Crippen LogP contribution in [0.1, 0.15) is 23.2 Å². The quantitative estimate of drug-likeness (QED) is 0.851. The summed E-state index contributed by atoms with van der Waals surface area (Å²) in [6.45, 7) is 1.10. The van der Waals surface area contributed by atoms with E-state index in [2.05, 4.69) is 21.2 Å². The van der Waals surface area contributed by atoms with Crippen molar-refractivity contribution < 1.29 is 13.9 Å². The first-order valence-corrected chi connectivity index (χ1v) is 7.30. The third kappa shape index (κ3) is 3.46. The Morgan fingerprint density at radius 1 is 1.47 bits per heavy atom. The van der Waals surface area contributed by atoms with Crippen molar-refractivity contribution in [1.82, 2.24) is 5.32 Å². The highest BCUT2D eigenvalue weighted by atomic mass is 79.9. The fourth-order valence-electron chi connectivity index (χ4n) is 2.04. The minimum absolute atomic E-state index is 0.0270. The minimum Gasteiger partial charge on any atom is -0.381 e. The van der Waals surface area contributed by atoms with Crippen molar-refractivity contribution in [1.29, 1.82) is 0 Å². The molecule has 3 nitrogen and oxygen atoms in total. The molecule has 1 aliphatic heterocycles.